The van der Waals surface area contributed by atoms with E-state index in [-0.39, 0.29) is 30.9 Å². The van der Waals surface area contributed by atoms with Gasteiger partial charge in [0.25, 0.3) is 0 Å². The molecule has 0 bridgehead atoms. The lowest BCUT2D eigenvalue weighted by atomic mass is 9.98. The summed E-state index contributed by atoms with van der Waals surface area (Å²) >= 11 is 0. The minimum Gasteiger partial charge on any atom is -0.449 e. The van der Waals surface area contributed by atoms with Gasteiger partial charge in [-0.05, 0) is 52.3 Å². The summed E-state index contributed by atoms with van der Waals surface area (Å²) < 4.78 is 10.4. The average molecular weight is 502 g/mol. The van der Waals surface area contributed by atoms with Gasteiger partial charge in [0.1, 0.15) is 18.4 Å². The Balaban J connectivity index is 1.35. The number of rotatable bonds is 9. The quantitative estimate of drug-likeness (QED) is 0.392. The third kappa shape index (κ3) is 6.46. The van der Waals surface area contributed by atoms with E-state index in [0.717, 1.165) is 27.8 Å². The largest absolute Gasteiger partial charge is 0.449 e. The third-order valence-electron chi connectivity index (χ3n) is 6.27. The van der Waals surface area contributed by atoms with E-state index in [1.165, 1.54) is 0 Å². The molecular weight excluding hydrogens is 470 g/mol. The molecule has 0 spiro atoms. The molecule has 0 radical (unpaired) electrons. The molecule has 192 valence electrons. The first-order chi connectivity index (χ1) is 17.8. The van der Waals surface area contributed by atoms with Crippen molar-refractivity contribution in [3.8, 4) is 16.9 Å². The first-order valence-electron chi connectivity index (χ1n) is 12.3. The Morgan fingerprint density at radius 3 is 2.05 bits per heavy atom. The molecule has 0 saturated carbocycles. The number of ether oxygens (including phenoxy) is 2. The van der Waals surface area contributed by atoms with Gasteiger partial charge in [0, 0.05) is 12.5 Å². The van der Waals surface area contributed by atoms with Gasteiger partial charge in [-0.25, -0.2) is 9.59 Å². The van der Waals surface area contributed by atoms with Crippen LogP contribution in [0.1, 0.15) is 42.9 Å². The summed E-state index contributed by atoms with van der Waals surface area (Å²) in [7, 11) is 0. The molecule has 1 aliphatic rings. The Hall–Kier alpha value is -4.33. The van der Waals surface area contributed by atoms with Gasteiger partial charge < -0.3 is 25.8 Å². The Bertz CT molecular complexity index is 1230. The van der Waals surface area contributed by atoms with E-state index < -0.39 is 18.2 Å². The molecule has 1 aliphatic carbocycles. The lowest BCUT2D eigenvalue weighted by Gasteiger charge is -2.21. The molecule has 0 heterocycles. The molecule has 4 N–H and O–H groups in total. The monoisotopic (exact) mass is 501 g/mol. The van der Waals surface area contributed by atoms with Crippen molar-refractivity contribution in [1.29, 1.82) is 0 Å². The highest BCUT2D eigenvalue weighted by Gasteiger charge is 2.30. The van der Waals surface area contributed by atoms with E-state index in [1.807, 2.05) is 38.1 Å². The number of nitrogens with one attached hydrogen (secondary N) is 2. The molecule has 0 fully saturated rings. The van der Waals surface area contributed by atoms with Crippen LogP contribution in [-0.2, 0) is 16.1 Å². The molecule has 3 aromatic carbocycles. The van der Waals surface area contributed by atoms with Crippen LogP contribution in [0.3, 0.4) is 0 Å². The smallest absolute Gasteiger partial charge is 0.409 e. The average Bonchev–Trinajstić information content (AvgIpc) is 3.19. The molecular formula is C29H31N3O5. The molecule has 37 heavy (non-hydrogen) atoms. The van der Waals surface area contributed by atoms with E-state index in [4.69, 9.17) is 15.2 Å². The number of alkyl carbamates (subject to hydrolysis) is 1. The molecule has 4 rings (SSSR count). The summed E-state index contributed by atoms with van der Waals surface area (Å²) in [4.78, 5) is 36.5. The first kappa shape index (κ1) is 25.8. The molecule has 0 saturated heterocycles. The number of amides is 3. The summed E-state index contributed by atoms with van der Waals surface area (Å²) in [6.07, 6.45) is -1.06. The van der Waals surface area contributed by atoms with Crippen molar-refractivity contribution in [3.63, 3.8) is 0 Å². The highest BCUT2D eigenvalue weighted by molar-refractivity contribution is 5.85. The van der Waals surface area contributed by atoms with E-state index in [1.54, 1.807) is 24.3 Å². The van der Waals surface area contributed by atoms with Gasteiger partial charge in [0.05, 0.1) is 0 Å². The van der Waals surface area contributed by atoms with Crippen molar-refractivity contribution in [2.24, 2.45) is 11.7 Å². The minimum atomic E-state index is -0.892. The normalized spacial score (nSPS) is 12.8. The number of fused-ring (bicyclic) bond motifs is 3. The molecule has 0 aliphatic heterocycles. The summed E-state index contributed by atoms with van der Waals surface area (Å²) in [6, 6.07) is 22.1. The van der Waals surface area contributed by atoms with Crippen LogP contribution in [-0.4, -0.2) is 30.7 Å². The zero-order valence-corrected chi connectivity index (χ0v) is 20.9. The fraction of sp³-hybridized carbons (Fsp3) is 0.276. The van der Waals surface area contributed by atoms with Crippen LogP contribution in [0.4, 0.5) is 9.59 Å². The Kier molecular flexibility index (Phi) is 8.08. The lowest BCUT2D eigenvalue weighted by molar-refractivity contribution is -0.123. The van der Waals surface area contributed by atoms with E-state index in [9.17, 15) is 14.4 Å². The maximum Gasteiger partial charge on any atom is 0.409 e. The number of nitrogens with two attached hydrogens (primary N) is 1. The second kappa shape index (κ2) is 11.6. The van der Waals surface area contributed by atoms with Crippen molar-refractivity contribution >= 4 is 18.1 Å². The maximum atomic E-state index is 12.9. The Labute approximate surface area is 216 Å². The first-order valence-corrected chi connectivity index (χ1v) is 12.3. The van der Waals surface area contributed by atoms with Gasteiger partial charge in [-0.1, -0.05) is 74.5 Å². The van der Waals surface area contributed by atoms with Crippen molar-refractivity contribution in [1.82, 2.24) is 10.6 Å². The van der Waals surface area contributed by atoms with Gasteiger partial charge in [-0.15, -0.1) is 0 Å². The Morgan fingerprint density at radius 1 is 0.892 bits per heavy atom. The molecule has 0 aromatic heterocycles. The lowest BCUT2D eigenvalue weighted by Crippen LogP contribution is -2.47. The summed E-state index contributed by atoms with van der Waals surface area (Å²) in [5.41, 5.74) is 10.4. The molecule has 8 nitrogen and oxygen atoms in total. The number of primary amides is 1. The molecule has 1 atom stereocenters. The van der Waals surface area contributed by atoms with Gasteiger partial charge in [0.15, 0.2) is 0 Å². The van der Waals surface area contributed by atoms with Crippen LogP contribution in [0.2, 0.25) is 0 Å². The summed E-state index contributed by atoms with van der Waals surface area (Å²) in [6.45, 7) is 4.39. The number of hydrogen-bond donors (Lipinski definition) is 3. The topological polar surface area (TPSA) is 120 Å². The van der Waals surface area contributed by atoms with E-state index in [2.05, 4.69) is 34.9 Å². The number of hydrogen-bond acceptors (Lipinski definition) is 5. The SMILES string of the molecule is CC(C)C[C@H](NC(=O)OCC1c2ccccc2-c2ccccc21)C(=O)NCc1ccc(OC(N)=O)cc1. The minimum absolute atomic E-state index is 0.0583. The fourth-order valence-corrected chi connectivity index (χ4v) is 4.59. The number of carbonyl (C=O) groups excluding carboxylic acids is 3. The fourth-order valence-electron chi connectivity index (χ4n) is 4.59. The van der Waals surface area contributed by atoms with E-state index in [0.29, 0.717) is 12.2 Å². The zero-order valence-electron chi connectivity index (χ0n) is 20.9. The summed E-state index contributed by atoms with van der Waals surface area (Å²) in [5, 5.41) is 5.59. The molecule has 0 unspecified atom stereocenters. The van der Waals surface area contributed by atoms with Crippen LogP contribution in [0, 0.1) is 5.92 Å². The number of benzene rings is 3. The van der Waals surface area contributed by atoms with Gasteiger partial charge in [-0.2, -0.15) is 0 Å². The van der Waals surface area contributed by atoms with Crippen molar-refractivity contribution in [2.45, 2.75) is 38.8 Å². The van der Waals surface area contributed by atoms with Crippen molar-refractivity contribution < 1.29 is 23.9 Å². The van der Waals surface area contributed by atoms with Crippen LogP contribution >= 0.6 is 0 Å². The van der Waals surface area contributed by atoms with Gasteiger partial charge >= 0.3 is 12.2 Å². The van der Waals surface area contributed by atoms with Crippen LogP contribution < -0.4 is 21.1 Å². The standard InChI is InChI=1S/C29H31N3O5/c1-18(2)15-26(27(33)31-16-19-11-13-20(14-12-19)37-28(30)34)32-29(35)36-17-25-23-9-5-3-7-21(23)22-8-4-6-10-24(22)25/h3-14,18,25-26H,15-17H2,1-2H3,(H2,30,34)(H,31,33)(H,32,35)/t26-/m0/s1. The van der Waals surface area contributed by atoms with Crippen LogP contribution in [0.5, 0.6) is 5.75 Å². The molecule has 8 heteroatoms. The highest BCUT2D eigenvalue weighted by Crippen LogP contribution is 2.44. The zero-order chi connectivity index (χ0) is 26.4. The van der Waals surface area contributed by atoms with E-state index >= 15 is 0 Å². The number of carbonyl (C=O) groups is 3. The van der Waals surface area contributed by atoms with Crippen LogP contribution in [0.25, 0.3) is 11.1 Å². The molecule has 3 amide bonds. The van der Waals surface area contributed by atoms with Crippen molar-refractivity contribution in [3.05, 3.63) is 89.5 Å². The summed E-state index contributed by atoms with van der Waals surface area (Å²) in [5.74, 6) is 0.128. The van der Waals surface area contributed by atoms with Crippen LogP contribution in [0.15, 0.2) is 72.8 Å². The Morgan fingerprint density at radius 2 is 1.49 bits per heavy atom. The second-order valence-electron chi connectivity index (χ2n) is 9.43. The maximum absolute atomic E-state index is 12.9. The predicted octanol–water partition coefficient (Wildman–Crippen LogP) is 4.71. The predicted molar refractivity (Wildman–Crippen MR) is 140 cm³/mol. The third-order valence-corrected chi connectivity index (χ3v) is 6.27. The van der Waals surface area contributed by atoms with Gasteiger partial charge in [-0.3, -0.25) is 4.79 Å². The highest BCUT2D eigenvalue weighted by atomic mass is 16.6. The molecule has 3 aromatic rings. The van der Waals surface area contributed by atoms with Gasteiger partial charge in [0.2, 0.25) is 5.91 Å². The second-order valence-corrected chi connectivity index (χ2v) is 9.43. The van der Waals surface area contributed by atoms with Crippen molar-refractivity contribution in [2.75, 3.05) is 6.61 Å².